The van der Waals surface area contributed by atoms with Crippen LogP contribution in [0.25, 0.3) is 0 Å². The van der Waals surface area contributed by atoms with E-state index in [0.29, 0.717) is 6.42 Å². The molecule has 7 amide bonds. The molecule has 6 atom stereocenters. The summed E-state index contributed by atoms with van der Waals surface area (Å²) < 4.78 is 0. The highest BCUT2D eigenvalue weighted by Gasteiger charge is 2.33. The van der Waals surface area contributed by atoms with Gasteiger partial charge in [-0.3, -0.25) is 43.3 Å². The standard InChI is InChI=1S/C30H53N11O11/c1-13(2)9-17(27(49)41-23(14(3)4)28(50)40-19(29(51)52)11-22(44)45)38-21(43)12-36-26(48)18(10-20(32)42)39-24(46)15(5)37-25(47)16(31)7-6-8-35-30(33)34/h13-19,23H,6-12,31H2,1-5H3,(H2,32,42)(H,36,48)(H,37,47)(H,38,43)(H,39,46)(H,40,50)(H,41,49)(H,44,45)(H,51,52)(H4,33,34,35)/t15-,16-,17-,18-,19-,23-/m0/s1. The molecule has 294 valence electrons. The molecule has 0 aliphatic carbocycles. The summed E-state index contributed by atoms with van der Waals surface area (Å²) in [7, 11) is 0. The quantitative estimate of drug-likeness (QED) is 0.0250. The second kappa shape index (κ2) is 23.0. The molecule has 0 saturated heterocycles. The third kappa shape index (κ3) is 19.0. The van der Waals surface area contributed by atoms with E-state index in [-0.39, 0.29) is 31.3 Å². The van der Waals surface area contributed by atoms with Crippen LogP contribution in [-0.2, 0) is 43.2 Å². The van der Waals surface area contributed by atoms with E-state index >= 15 is 0 Å². The Balaban J connectivity index is 5.49. The lowest BCUT2D eigenvalue weighted by atomic mass is 9.99. The van der Waals surface area contributed by atoms with Gasteiger partial charge in [-0.2, -0.15) is 0 Å². The summed E-state index contributed by atoms with van der Waals surface area (Å²) in [6, 6.07) is -8.08. The number of carbonyl (C=O) groups is 9. The SMILES string of the molecule is CC(C)C[C@H](NC(=O)CNC(=O)[C@H](CC(N)=O)NC(=O)[C@H](C)NC(=O)[C@@H](N)CCCN=C(N)N)C(=O)N[C@H](C(=O)N[C@@H](CC(=O)O)C(=O)O)C(C)C. The molecule has 0 radical (unpaired) electrons. The molecule has 0 aliphatic heterocycles. The van der Waals surface area contributed by atoms with Crippen molar-refractivity contribution in [3.8, 4) is 0 Å². The summed E-state index contributed by atoms with van der Waals surface area (Å²) in [5.74, 6) is -10.1. The number of carbonyl (C=O) groups excluding carboxylic acids is 7. The number of guanidine groups is 1. The highest BCUT2D eigenvalue weighted by molar-refractivity contribution is 5.97. The fraction of sp³-hybridized carbons (Fsp3) is 0.667. The first-order valence-corrected chi connectivity index (χ1v) is 16.4. The average molecular weight is 744 g/mol. The molecule has 22 heteroatoms. The van der Waals surface area contributed by atoms with Crippen LogP contribution in [0.1, 0.15) is 66.7 Å². The van der Waals surface area contributed by atoms with E-state index in [1.165, 1.54) is 6.92 Å². The van der Waals surface area contributed by atoms with Gasteiger partial charge in [0.15, 0.2) is 5.96 Å². The Morgan fingerprint density at radius 3 is 1.77 bits per heavy atom. The van der Waals surface area contributed by atoms with Gasteiger partial charge in [0.25, 0.3) is 0 Å². The molecule has 0 aliphatic rings. The maximum Gasteiger partial charge on any atom is 0.326 e. The van der Waals surface area contributed by atoms with Crippen molar-refractivity contribution in [2.75, 3.05) is 13.1 Å². The number of nitrogens with two attached hydrogens (primary N) is 4. The Hall–Kier alpha value is -5.54. The normalized spacial score (nSPS) is 14.3. The van der Waals surface area contributed by atoms with Crippen LogP contribution in [0.2, 0.25) is 0 Å². The highest BCUT2D eigenvalue weighted by Crippen LogP contribution is 2.09. The first-order chi connectivity index (χ1) is 24.0. The smallest absolute Gasteiger partial charge is 0.326 e. The molecule has 0 fully saturated rings. The van der Waals surface area contributed by atoms with Gasteiger partial charge in [-0.1, -0.05) is 27.7 Å². The minimum atomic E-state index is -1.76. The first-order valence-electron chi connectivity index (χ1n) is 16.4. The van der Waals surface area contributed by atoms with Crippen molar-refractivity contribution < 1.29 is 53.4 Å². The fourth-order valence-electron chi connectivity index (χ4n) is 4.41. The maximum absolute atomic E-state index is 13.2. The monoisotopic (exact) mass is 743 g/mol. The maximum atomic E-state index is 13.2. The van der Waals surface area contributed by atoms with Gasteiger partial charge in [-0.15, -0.1) is 0 Å². The lowest BCUT2D eigenvalue weighted by Gasteiger charge is -2.27. The molecule has 0 spiro atoms. The molecule has 0 rings (SSSR count). The third-order valence-electron chi connectivity index (χ3n) is 7.12. The van der Waals surface area contributed by atoms with Gasteiger partial charge in [-0.05, 0) is 38.0 Å². The van der Waals surface area contributed by atoms with E-state index in [1.807, 2.05) is 0 Å². The van der Waals surface area contributed by atoms with Crippen molar-refractivity contribution >= 4 is 59.2 Å². The summed E-state index contributed by atoms with van der Waals surface area (Å²) in [5.41, 5.74) is 21.6. The van der Waals surface area contributed by atoms with Gasteiger partial charge in [0.2, 0.25) is 41.4 Å². The van der Waals surface area contributed by atoms with Gasteiger partial charge in [-0.25, -0.2) is 4.79 Å². The predicted molar refractivity (Wildman–Crippen MR) is 184 cm³/mol. The van der Waals surface area contributed by atoms with Crippen molar-refractivity contribution in [1.29, 1.82) is 0 Å². The van der Waals surface area contributed by atoms with Crippen molar-refractivity contribution in [3.05, 3.63) is 0 Å². The molecule has 0 aromatic carbocycles. The summed E-state index contributed by atoms with van der Waals surface area (Å²) in [6.07, 6.45) is -0.934. The summed E-state index contributed by atoms with van der Waals surface area (Å²) in [6.45, 7) is 7.40. The Labute approximate surface area is 300 Å². The van der Waals surface area contributed by atoms with Crippen LogP contribution in [0.15, 0.2) is 4.99 Å². The van der Waals surface area contributed by atoms with Crippen molar-refractivity contribution in [2.24, 2.45) is 39.8 Å². The number of hydrogen-bond acceptors (Lipinski definition) is 11. The van der Waals surface area contributed by atoms with Gasteiger partial charge < -0.3 is 65.0 Å². The molecule has 52 heavy (non-hydrogen) atoms. The molecule has 0 heterocycles. The van der Waals surface area contributed by atoms with Crippen LogP contribution in [0.4, 0.5) is 0 Å². The number of nitrogens with one attached hydrogen (secondary N) is 6. The fourth-order valence-corrected chi connectivity index (χ4v) is 4.41. The number of amides is 7. The number of carboxylic acids is 2. The highest BCUT2D eigenvalue weighted by atomic mass is 16.4. The lowest BCUT2D eigenvalue weighted by molar-refractivity contribution is -0.147. The molecule has 0 aromatic rings. The second-order valence-electron chi connectivity index (χ2n) is 12.7. The second-order valence-corrected chi connectivity index (χ2v) is 12.7. The van der Waals surface area contributed by atoms with Crippen molar-refractivity contribution in [3.63, 3.8) is 0 Å². The molecule has 0 bridgehead atoms. The summed E-state index contributed by atoms with van der Waals surface area (Å²) >= 11 is 0. The molecule has 0 saturated carbocycles. The topological polar surface area (TPSA) is 383 Å². The van der Waals surface area contributed by atoms with Crippen LogP contribution < -0.4 is 54.8 Å². The van der Waals surface area contributed by atoms with Gasteiger partial charge in [0, 0.05) is 6.54 Å². The summed E-state index contributed by atoms with van der Waals surface area (Å²) in [5, 5.41) is 32.1. The lowest BCUT2D eigenvalue weighted by Crippen LogP contribution is -2.58. The Bertz CT molecular complexity index is 1340. The zero-order valence-corrected chi connectivity index (χ0v) is 29.9. The van der Waals surface area contributed by atoms with Crippen molar-refractivity contribution in [1.82, 2.24) is 31.9 Å². The van der Waals surface area contributed by atoms with Crippen LogP contribution in [0, 0.1) is 11.8 Å². The molecular weight excluding hydrogens is 690 g/mol. The molecule has 22 nitrogen and oxygen atoms in total. The number of nitrogens with zero attached hydrogens (tertiary/aromatic N) is 1. The average Bonchev–Trinajstić information content (AvgIpc) is 3.01. The zero-order chi connectivity index (χ0) is 40.3. The van der Waals surface area contributed by atoms with E-state index in [2.05, 4.69) is 36.9 Å². The number of carboxylic acid groups (broad SMARTS) is 2. The van der Waals surface area contributed by atoms with Crippen LogP contribution >= 0.6 is 0 Å². The Morgan fingerprint density at radius 1 is 0.673 bits per heavy atom. The molecule has 0 unspecified atom stereocenters. The van der Waals surface area contributed by atoms with Crippen LogP contribution in [0.3, 0.4) is 0 Å². The number of primary amides is 1. The van der Waals surface area contributed by atoms with E-state index in [4.69, 9.17) is 28.0 Å². The van der Waals surface area contributed by atoms with Gasteiger partial charge in [0.1, 0.15) is 30.2 Å². The molecule has 0 aromatic heterocycles. The van der Waals surface area contributed by atoms with Crippen LogP contribution in [-0.4, -0.2) is 119 Å². The zero-order valence-electron chi connectivity index (χ0n) is 29.9. The van der Waals surface area contributed by atoms with Crippen LogP contribution in [0.5, 0.6) is 0 Å². The number of rotatable bonds is 24. The minimum absolute atomic E-state index is 0.0681. The predicted octanol–water partition coefficient (Wildman–Crippen LogP) is -4.94. The van der Waals surface area contributed by atoms with E-state index in [1.54, 1.807) is 27.7 Å². The van der Waals surface area contributed by atoms with E-state index < -0.39 is 115 Å². The molecule has 16 N–H and O–H groups in total. The first kappa shape index (κ1) is 46.5. The van der Waals surface area contributed by atoms with E-state index in [0.717, 1.165) is 0 Å². The molecular formula is C30H53N11O11. The summed E-state index contributed by atoms with van der Waals surface area (Å²) in [4.78, 5) is 115. The van der Waals surface area contributed by atoms with Gasteiger partial charge in [0.05, 0.1) is 25.4 Å². The number of aliphatic imine (C=N–C) groups is 1. The minimum Gasteiger partial charge on any atom is -0.481 e. The number of aliphatic carboxylic acids is 2. The Morgan fingerprint density at radius 2 is 1.27 bits per heavy atom. The van der Waals surface area contributed by atoms with Gasteiger partial charge >= 0.3 is 11.9 Å². The van der Waals surface area contributed by atoms with E-state index in [9.17, 15) is 48.3 Å². The third-order valence-corrected chi connectivity index (χ3v) is 7.12. The number of hydrogen-bond donors (Lipinski definition) is 12. The van der Waals surface area contributed by atoms with Crippen molar-refractivity contribution in [2.45, 2.75) is 103 Å². The Kier molecular flexibility index (Phi) is 20.6. The largest absolute Gasteiger partial charge is 0.481 e.